The third-order valence-corrected chi connectivity index (χ3v) is 7.31. The lowest BCUT2D eigenvalue weighted by Crippen LogP contribution is -2.30. The maximum absolute atomic E-state index is 13.0. The highest BCUT2D eigenvalue weighted by atomic mass is 32.2. The van der Waals surface area contributed by atoms with Gasteiger partial charge in [-0.3, -0.25) is 0 Å². The zero-order valence-corrected chi connectivity index (χ0v) is 15.8. The molecule has 26 heavy (non-hydrogen) atoms. The van der Waals surface area contributed by atoms with E-state index in [-0.39, 0.29) is 15.8 Å². The van der Waals surface area contributed by atoms with E-state index in [4.69, 9.17) is 9.88 Å². The Kier molecular flexibility index (Phi) is 5.07. The van der Waals surface area contributed by atoms with Crippen LogP contribution in [0.1, 0.15) is 24.4 Å². The van der Waals surface area contributed by atoms with Crippen molar-refractivity contribution < 1.29 is 21.6 Å². The number of methoxy groups -OCH3 is 1. The first kappa shape index (κ1) is 18.8. The van der Waals surface area contributed by atoms with Gasteiger partial charge in [-0.05, 0) is 54.8 Å². The Bertz CT molecular complexity index is 984. The van der Waals surface area contributed by atoms with E-state index in [2.05, 4.69) is 0 Å². The molecule has 2 aromatic carbocycles. The van der Waals surface area contributed by atoms with Crippen molar-refractivity contribution >= 4 is 20.0 Å². The largest absolute Gasteiger partial charge is 0.497 e. The zero-order valence-electron chi connectivity index (χ0n) is 14.2. The monoisotopic (exact) mass is 396 g/mol. The Morgan fingerprint density at radius 3 is 2.08 bits per heavy atom. The molecule has 0 aliphatic carbocycles. The fourth-order valence-electron chi connectivity index (χ4n) is 3.12. The molecule has 0 saturated carbocycles. The smallest absolute Gasteiger partial charge is 0.243 e. The number of rotatable bonds is 5. The molecule has 0 bridgehead atoms. The van der Waals surface area contributed by atoms with Crippen LogP contribution in [0.25, 0.3) is 0 Å². The van der Waals surface area contributed by atoms with Crippen LogP contribution in [0.5, 0.6) is 5.75 Å². The molecular weight excluding hydrogens is 376 g/mol. The van der Waals surface area contributed by atoms with Crippen LogP contribution in [0.3, 0.4) is 0 Å². The molecule has 2 N–H and O–H groups in total. The lowest BCUT2D eigenvalue weighted by molar-refractivity contribution is 0.394. The second-order valence-electron chi connectivity index (χ2n) is 6.06. The molecule has 9 heteroatoms. The van der Waals surface area contributed by atoms with Crippen LogP contribution in [0.2, 0.25) is 0 Å². The Labute approximate surface area is 153 Å². The van der Waals surface area contributed by atoms with Gasteiger partial charge in [-0.1, -0.05) is 12.1 Å². The summed E-state index contributed by atoms with van der Waals surface area (Å²) >= 11 is 0. The van der Waals surface area contributed by atoms with Gasteiger partial charge in [-0.15, -0.1) is 0 Å². The molecule has 1 saturated heterocycles. The molecule has 2 aromatic rings. The molecule has 1 aliphatic rings. The van der Waals surface area contributed by atoms with E-state index in [1.165, 1.54) is 28.6 Å². The summed E-state index contributed by atoms with van der Waals surface area (Å²) in [5.41, 5.74) is 0.896. The first-order valence-electron chi connectivity index (χ1n) is 8.02. The summed E-state index contributed by atoms with van der Waals surface area (Å²) in [5.74, 6) is 0.708. The maximum Gasteiger partial charge on any atom is 0.243 e. The summed E-state index contributed by atoms with van der Waals surface area (Å²) in [6, 6.07) is 12.0. The molecular formula is C17H20N2O5S2. The fraction of sp³-hybridized carbons (Fsp3) is 0.294. The van der Waals surface area contributed by atoms with Crippen molar-refractivity contribution in [3.05, 3.63) is 54.1 Å². The van der Waals surface area contributed by atoms with Gasteiger partial charge < -0.3 is 4.74 Å². The van der Waals surface area contributed by atoms with Crippen LogP contribution >= 0.6 is 0 Å². The van der Waals surface area contributed by atoms with Crippen LogP contribution in [0, 0.1) is 0 Å². The fourth-order valence-corrected chi connectivity index (χ4v) is 5.32. The minimum atomic E-state index is -3.86. The van der Waals surface area contributed by atoms with E-state index in [1.54, 1.807) is 19.2 Å². The van der Waals surface area contributed by atoms with Crippen molar-refractivity contribution in [3.8, 4) is 5.75 Å². The van der Waals surface area contributed by atoms with Gasteiger partial charge in [0.2, 0.25) is 20.0 Å². The summed E-state index contributed by atoms with van der Waals surface area (Å²) in [4.78, 5) is -0.0742. The van der Waals surface area contributed by atoms with Crippen LogP contribution < -0.4 is 9.88 Å². The summed E-state index contributed by atoms with van der Waals surface area (Å²) in [6.07, 6.45) is 1.48. The van der Waals surface area contributed by atoms with Gasteiger partial charge in [0.05, 0.1) is 22.9 Å². The summed E-state index contributed by atoms with van der Waals surface area (Å²) in [7, 11) is -6.04. The SMILES string of the molecule is COc1ccc([C@H]2CCCN2S(=O)(=O)c2ccc(S(N)(=O)=O)cc2)cc1. The number of hydrogen-bond acceptors (Lipinski definition) is 5. The predicted octanol–water partition coefficient (Wildman–Crippen LogP) is 1.87. The topological polar surface area (TPSA) is 107 Å². The van der Waals surface area contributed by atoms with E-state index < -0.39 is 20.0 Å². The number of benzene rings is 2. The van der Waals surface area contributed by atoms with E-state index in [0.29, 0.717) is 12.3 Å². The average Bonchev–Trinajstić information content (AvgIpc) is 3.12. The lowest BCUT2D eigenvalue weighted by atomic mass is 10.1. The molecule has 140 valence electrons. The van der Waals surface area contributed by atoms with E-state index in [9.17, 15) is 16.8 Å². The minimum Gasteiger partial charge on any atom is -0.497 e. The van der Waals surface area contributed by atoms with Crippen molar-refractivity contribution in [3.63, 3.8) is 0 Å². The molecule has 1 atom stereocenters. The molecule has 0 spiro atoms. The number of hydrogen-bond donors (Lipinski definition) is 1. The van der Waals surface area contributed by atoms with Gasteiger partial charge in [-0.25, -0.2) is 22.0 Å². The van der Waals surface area contributed by atoms with Gasteiger partial charge in [-0.2, -0.15) is 4.31 Å². The van der Waals surface area contributed by atoms with Crippen molar-refractivity contribution in [2.24, 2.45) is 5.14 Å². The first-order chi connectivity index (χ1) is 12.2. The van der Waals surface area contributed by atoms with Crippen molar-refractivity contribution in [1.29, 1.82) is 0 Å². The van der Waals surface area contributed by atoms with Crippen molar-refractivity contribution in [2.45, 2.75) is 28.7 Å². The van der Waals surface area contributed by atoms with E-state index in [0.717, 1.165) is 18.4 Å². The van der Waals surface area contributed by atoms with Crippen LogP contribution in [-0.2, 0) is 20.0 Å². The molecule has 1 aliphatic heterocycles. The van der Waals surface area contributed by atoms with Gasteiger partial charge in [0.25, 0.3) is 0 Å². The standard InChI is InChI=1S/C17H20N2O5S2/c1-24-14-6-4-13(5-7-14)17-3-2-12-19(17)26(22,23)16-10-8-15(9-11-16)25(18,20)21/h4-11,17H,2-3,12H2,1H3,(H2,18,20,21)/t17-/m1/s1. The number of ether oxygens (including phenoxy) is 1. The van der Waals surface area contributed by atoms with Crippen LogP contribution in [0.4, 0.5) is 0 Å². The van der Waals surface area contributed by atoms with Crippen LogP contribution in [0.15, 0.2) is 58.3 Å². The summed E-state index contributed by atoms with van der Waals surface area (Å²) in [6.45, 7) is 0.413. The second kappa shape index (κ2) is 6.99. The molecule has 0 aromatic heterocycles. The van der Waals surface area contributed by atoms with E-state index >= 15 is 0 Å². The maximum atomic E-state index is 13.0. The Hall–Kier alpha value is -1.94. The van der Waals surface area contributed by atoms with Gasteiger partial charge in [0.15, 0.2) is 0 Å². The van der Waals surface area contributed by atoms with Gasteiger partial charge in [0.1, 0.15) is 5.75 Å². The lowest BCUT2D eigenvalue weighted by Gasteiger charge is -2.24. The van der Waals surface area contributed by atoms with Crippen LogP contribution in [-0.4, -0.2) is 34.8 Å². The molecule has 0 amide bonds. The van der Waals surface area contributed by atoms with Gasteiger partial charge >= 0.3 is 0 Å². The number of sulfonamides is 2. The highest BCUT2D eigenvalue weighted by Gasteiger charge is 2.36. The Balaban J connectivity index is 1.92. The number of primary sulfonamides is 1. The zero-order chi connectivity index (χ0) is 18.9. The number of nitrogens with zero attached hydrogens (tertiary/aromatic N) is 1. The molecule has 0 unspecified atom stereocenters. The Morgan fingerprint density at radius 1 is 0.962 bits per heavy atom. The third-order valence-electron chi connectivity index (χ3n) is 4.46. The predicted molar refractivity (Wildman–Crippen MR) is 96.7 cm³/mol. The average molecular weight is 396 g/mol. The normalized spacial score (nSPS) is 18.8. The van der Waals surface area contributed by atoms with Crippen molar-refractivity contribution in [1.82, 2.24) is 4.31 Å². The number of nitrogens with two attached hydrogens (primary N) is 1. The highest BCUT2D eigenvalue weighted by Crippen LogP contribution is 2.37. The summed E-state index contributed by atoms with van der Waals surface area (Å²) in [5, 5.41) is 5.06. The first-order valence-corrected chi connectivity index (χ1v) is 11.0. The molecule has 7 nitrogen and oxygen atoms in total. The Morgan fingerprint density at radius 2 is 1.54 bits per heavy atom. The molecule has 1 heterocycles. The van der Waals surface area contributed by atoms with Gasteiger partial charge in [0, 0.05) is 6.54 Å². The van der Waals surface area contributed by atoms with E-state index in [1.807, 2.05) is 12.1 Å². The quantitative estimate of drug-likeness (QED) is 0.830. The third kappa shape index (κ3) is 3.61. The van der Waals surface area contributed by atoms with Crippen molar-refractivity contribution in [2.75, 3.05) is 13.7 Å². The summed E-state index contributed by atoms with van der Waals surface area (Å²) < 4.78 is 55.3. The second-order valence-corrected chi connectivity index (χ2v) is 9.52. The molecule has 0 radical (unpaired) electrons. The molecule has 1 fully saturated rings. The molecule has 3 rings (SSSR count). The minimum absolute atomic E-state index is 0.0466. The highest BCUT2D eigenvalue weighted by molar-refractivity contribution is 7.89.